The van der Waals surface area contributed by atoms with E-state index in [4.69, 9.17) is 4.74 Å². The smallest absolute Gasteiger partial charge is 0.0478 e. The van der Waals surface area contributed by atoms with Crippen LogP contribution in [0.15, 0.2) is 0 Å². The van der Waals surface area contributed by atoms with Gasteiger partial charge >= 0.3 is 0 Å². The van der Waals surface area contributed by atoms with Gasteiger partial charge in [0.15, 0.2) is 0 Å². The van der Waals surface area contributed by atoms with Gasteiger partial charge in [0.1, 0.15) is 0 Å². The first-order valence-corrected chi connectivity index (χ1v) is 6.00. The standard InChI is InChI=1S/C12H25NO/c1-4-9-14-10-5-8-13-11(2)12(3)6-7-12/h11,13H,4-10H2,1-3H3. The van der Waals surface area contributed by atoms with Crippen LogP contribution in [0.1, 0.15) is 46.5 Å². The first kappa shape index (κ1) is 12.0. The van der Waals surface area contributed by atoms with Gasteiger partial charge in [0.2, 0.25) is 0 Å². The molecule has 0 amide bonds. The molecule has 1 atom stereocenters. The minimum Gasteiger partial charge on any atom is -0.381 e. The van der Waals surface area contributed by atoms with Gasteiger partial charge in [0.25, 0.3) is 0 Å². The van der Waals surface area contributed by atoms with Crippen molar-refractivity contribution >= 4 is 0 Å². The Kier molecular flexibility index (Phi) is 4.90. The van der Waals surface area contributed by atoms with Crippen LogP contribution in [-0.4, -0.2) is 25.8 Å². The van der Waals surface area contributed by atoms with Crippen molar-refractivity contribution < 1.29 is 4.74 Å². The zero-order valence-corrected chi connectivity index (χ0v) is 9.94. The van der Waals surface area contributed by atoms with E-state index in [1.807, 2.05) is 0 Å². The average molecular weight is 199 g/mol. The fraction of sp³-hybridized carbons (Fsp3) is 1.00. The van der Waals surface area contributed by atoms with Crippen molar-refractivity contribution in [3.05, 3.63) is 0 Å². The minimum atomic E-state index is 0.601. The molecule has 1 rings (SSSR count). The highest BCUT2D eigenvalue weighted by molar-refractivity contribution is 4.96. The predicted molar refractivity (Wildman–Crippen MR) is 60.5 cm³/mol. The Morgan fingerprint density at radius 3 is 2.64 bits per heavy atom. The van der Waals surface area contributed by atoms with Crippen molar-refractivity contribution in [1.82, 2.24) is 5.32 Å². The second kappa shape index (κ2) is 5.72. The summed E-state index contributed by atoms with van der Waals surface area (Å²) in [5.41, 5.74) is 0.601. The molecular formula is C12H25NO. The molecule has 2 heteroatoms. The molecule has 0 saturated heterocycles. The van der Waals surface area contributed by atoms with Gasteiger partial charge in [-0.05, 0) is 44.6 Å². The lowest BCUT2D eigenvalue weighted by Gasteiger charge is -2.20. The van der Waals surface area contributed by atoms with Gasteiger partial charge < -0.3 is 10.1 Å². The number of nitrogens with one attached hydrogen (secondary N) is 1. The number of ether oxygens (including phenoxy) is 1. The van der Waals surface area contributed by atoms with E-state index in [1.165, 1.54) is 12.8 Å². The summed E-state index contributed by atoms with van der Waals surface area (Å²) in [4.78, 5) is 0. The summed E-state index contributed by atoms with van der Waals surface area (Å²) in [6.45, 7) is 9.74. The fourth-order valence-corrected chi connectivity index (χ4v) is 1.62. The Hall–Kier alpha value is -0.0800. The van der Waals surface area contributed by atoms with E-state index in [0.29, 0.717) is 11.5 Å². The minimum absolute atomic E-state index is 0.601. The second-order valence-electron chi connectivity index (χ2n) is 4.80. The molecule has 0 aromatic rings. The molecule has 0 aliphatic heterocycles. The molecule has 0 aromatic carbocycles. The molecule has 14 heavy (non-hydrogen) atoms. The molecule has 1 aliphatic rings. The first-order valence-electron chi connectivity index (χ1n) is 6.00. The van der Waals surface area contributed by atoms with Crippen LogP contribution in [0.25, 0.3) is 0 Å². The van der Waals surface area contributed by atoms with Crippen LogP contribution in [0, 0.1) is 5.41 Å². The second-order valence-corrected chi connectivity index (χ2v) is 4.80. The van der Waals surface area contributed by atoms with Crippen LogP contribution in [0.5, 0.6) is 0 Å². The Morgan fingerprint density at radius 2 is 2.07 bits per heavy atom. The van der Waals surface area contributed by atoms with Crippen molar-refractivity contribution in [3.63, 3.8) is 0 Å². The molecule has 84 valence electrons. The fourth-order valence-electron chi connectivity index (χ4n) is 1.62. The summed E-state index contributed by atoms with van der Waals surface area (Å²) in [6.07, 6.45) is 5.06. The molecule has 1 aliphatic carbocycles. The molecule has 1 N–H and O–H groups in total. The molecule has 1 saturated carbocycles. The third-order valence-electron chi connectivity index (χ3n) is 3.35. The monoisotopic (exact) mass is 199 g/mol. The van der Waals surface area contributed by atoms with Crippen LogP contribution in [0.2, 0.25) is 0 Å². The molecule has 0 radical (unpaired) electrons. The summed E-state index contributed by atoms with van der Waals surface area (Å²) in [7, 11) is 0. The van der Waals surface area contributed by atoms with Gasteiger partial charge in [0.05, 0.1) is 0 Å². The quantitative estimate of drug-likeness (QED) is 0.607. The van der Waals surface area contributed by atoms with Crippen LogP contribution in [0.4, 0.5) is 0 Å². The topological polar surface area (TPSA) is 21.3 Å². The van der Waals surface area contributed by atoms with E-state index in [-0.39, 0.29) is 0 Å². The van der Waals surface area contributed by atoms with Crippen molar-refractivity contribution in [2.75, 3.05) is 19.8 Å². The molecule has 0 heterocycles. The van der Waals surface area contributed by atoms with E-state index in [1.54, 1.807) is 0 Å². The van der Waals surface area contributed by atoms with Crippen molar-refractivity contribution in [2.24, 2.45) is 5.41 Å². The highest BCUT2D eigenvalue weighted by Gasteiger charge is 2.41. The predicted octanol–water partition coefficient (Wildman–Crippen LogP) is 2.58. The maximum absolute atomic E-state index is 5.43. The lowest BCUT2D eigenvalue weighted by Crippen LogP contribution is -2.34. The zero-order valence-electron chi connectivity index (χ0n) is 9.94. The Balaban J connectivity index is 1.88. The van der Waals surface area contributed by atoms with E-state index < -0.39 is 0 Å². The van der Waals surface area contributed by atoms with Crippen LogP contribution >= 0.6 is 0 Å². The van der Waals surface area contributed by atoms with E-state index in [2.05, 4.69) is 26.1 Å². The average Bonchev–Trinajstić information content (AvgIpc) is 2.91. The molecule has 0 bridgehead atoms. The molecule has 2 nitrogen and oxygen atoms in total. The molecule has 0 spiro atoms. The molecule has 1 fully saturated rings. The molecule has 0 aromatic heterocycles. The van der Waals surface area contributed by atoms with Crippen molar-refractivity contribution in [3.8, 4) is 0 Å². The summed E-state index contributed by atoms with van der Waals surface area (Å²) in [5.74, 6) is 0. The van der Waals surface area contributed by atoms with E-state index in [0.717, 1.165) is 32.6 Å². The van der Waals surface area contributed by atoms with Gasteiger partial charge in [-0.15, -0.1) is 0 Å². The van der Waals surface area contributed by atoms with Crippen LogP contribution in [0.3, 0.4) is 0 Å². The van der Waals surface area contributed by atoms with Gasteiger partial charge in [-0.1, -0.05) is 13.8 Å². The highest BCUT2D eigenvalue weighted by Crippen LogP contribution is 2.47. The number of hydrogen-bond donors (Lipinski definition) is 1. The van der Waals surface area contributed by atoms with Gasteiger partial charge in [-0.3, -0.25) is 0 Å². The number of hydrogen-bond acceptors (Lipinski definition) is 2. The summed E-state index contributed by atoms with van der Waals surface area (Å²) < 4.78 is 5.43. The van der Waals surface area contributed by atoms with Crippen molar-refractivity contribution in [1.29, 1.82) is 0 Å². The zero-order chi connectivity index (χ0) is 10.4. The normalized spacial score (nSPS) is 20.8. The summed E-state index contributed by atoms with van der Waals surface area (Å²) in [5, 5.41) is 3.58. The lowest BCUT2D eigenvalue weighted by molar-refractivity contribution is 0.131. The summed E-state index contributed by atoms with van der Waals surface area (Å²) in [6, 6.07) is 0.675. The lowest BCUT2D eigenvalue weighted by atomic mass is 10.0. The molecule has 1 unspecified atom stereocenters. The van der Waals surface area contributed by atoms with E-state index >= 15 is 0 Å². The Labute approximate surface area is 88.4 Å². The van der Waals surface area contributed by atoms with Crippen molar-refractivity contribution in [2.45, 2.75) is 52.5 Å². The highest BCUT2D eigenvalue weighted by atomic mass is 16.5. The Morgan fingerprint density at radius 1 is 1.36 bits per heavy atom. The number of rotatable bonds is 8. The van der Waals surface area contributed by atoms with Gasteiger partial charge in [-0.25, -0.2) is 0 Å². The Bertz CT molecular complexity index is 154. The van der Waals surface area contributed by atoms with Crippen LogP contribution < -0.4 is 5.32 Å². The SMILES string of the molecule is CCCOCCCNC(C)C1(C)CC1. The van der Waals surface area contributed by atoms with Gasteiger partial charge in [-0.2, -0.15) is 0 Å². The van der Waals surface area contributed by atoms with Gasteiger partial charge in [0, 0.05) is 19.3 Å². The maximum Gasteiger partial charge on any atom is 0.0478 e. The van der Waals surface area contributed by atoms with E-state index in [9.17, 15) is 0 Å². The first-order chi connectivity index (χ1) is 6.69. The summed E-state index contributed by atoms with van der Waals surface area (Å²) >= 11 is 0. The third kappa shape index (κ3) is 3.97. The molecular weight excluding hydrogens is 174 g/mol. The third-order valence-corrected chi connectivity index (χ3v) is 3.35. The maximum atomic E-state index is 5.43. The largest absolute Gasteiger partial charge is 0.381 e. The van der Waals surface area contributed by atoms with Crippen LogP contribution in [-0.2, 0) is 4.74 Å².